The number of hydrogen-bond donors (Lipinski definition) is 1. The largest absolute Gasteiger partial charge is 0.493 e. The highest BCUT2D eigenvalue weighted by Gasteiger charge is 2.28. The quantitative estimate of drug-likeness (QED) is 0.506. The number of rotatable bonds is 10. The molecule has 36 heavy (non-hydrogen) atoms. The van der Waals surface area contributed by atoms with Crippen LogP contribution in [0.15, 0.2) is 36.4 Å². The Morgan fingerprint density at radius 3 is 2.64 bits per heavy atom. The number of carbonyl (C=O) groups excluding carboxylic acids is 3. The van der Waals surface area contributed by atoms with Gasteiger partial charge >= 0.3 is 0 Å². The first-order chi connectivity index (χ1) is 17.4. The Kier molecular flexibility index (Phi) is 8.43. The zero-order chi connectivity index (χ0) is 25.5. The van der Waals surface area contributed by atoms with Crippen LogP contribution in [0.5, 0.6) is 17.2 Å². The third kappa shape index (κ3) is 6.34. The molecular formula is C27H33N3O6. The van der Waals surface area contributed by atoms with Crippen LogP contribution < -0.4 is 24.4 Å². The van der Waals surface area contributed by atoms with Crippen LogP contribution in [0.2, 0.25) is 0 Å². The highest BCUT2D eigenvalue weighted by molar-refractivity contribution is 6.04. The molecule has 0 atom stereocenters. The molecule has 2 amide bonds. The molecule has 0 spiro atoms. The lowest BCUT2D eigenvalue weighted by molar-refractivity contribution is -0.125. The van der Waals surface area contributed by atoms with Gasteiger partial charge in [0.15, 0.2) is 30.5 Å². The number of aryl methyl sites for hydroxylation is 1. The van der Waals surface area contributed by atoms with E-state index < -0.39 is 0 Å². The summed E-state index contributed by atoms with van der Waals surface area (Å²) >= 11 is 0. The summed E-state index contributed by atoms with van der Waals surface area (Å²) in [6.45, 7) is 4.89. The number of ketones is 1. The van der Waals surface area contributed by atoms with Gasteiger partial charge in [0.25, 0.3) is 5.91 Å². The topological polar surface area (TPSA) is 97.4 Å². The highest BCUT2D eigenvalue weighted by atomic mass is 16.5. The zero-order valence-electron chi connectivity index (χ0n) is 20.9. The fourth-order valence-corrected chi connectivity index (χ4v) is 4.41. The molecule has 0 unspecified atom stereocenters. The Morgan fingerprint density at radius 2 is 1.86 bits per heavy atom. The van der Waals surface area contributed by atoms with Crippen molar-refractivity contribution in [3.63, 3.8) is 0 Å². The van der Waals surface area contributed by atoms with Crippen molar-refractivity contribution in [2.45, 2.75) is 26.2 Å². The van der Waals surface area contributed by atoms with E-state index in [1.807, 2.05) is 19.1 Å². The van der Waals surface area contributed by atoms with Crippen molar-refractivity contribution in [3.05, 3.63) is 47.5 Å². The molecule has 0 aliphatic carbocycles. The van der Waals surface area contributed by atoms with E-state index in [2.05, 4.69) is 10.2 Å². The van der Waals surface area contributed by atoms with Gasteiger partial charge in [-0.3, -0.25) is 19.3 Å². The van der Waals surface area contributed by atoms with Gasteiger partial charge in [0.1, 0.15) is 12.3 Å². The summed E-state index contributed by atoms with van der Waals surface area (Å²) in [5, 5.41) is 2.91. The van der Waals surface area contributed by atoms with Crippen LogP contribution in [0.1, 0.15) is 35.2 Å². The van der Waals surface area contributed by atoms with Gasteiger partial charge in [-0.25, -0.2) is 0 Å². The Hall–Kier alpha value is -3.59. The van der Waals surface area contributed by atoms with E-state index in [1.165, 1.54) is 24.2 Å². The molecule has 9 heteroatoms. The Bertz CT molecular complexity index is 1110. The second-order valence-electron chi connectivity index (χ2n) is 9.07. The van der Waals surface area contributed by atoms with Gasteiger partial charge in [-0.05, 0) is 68.8 Å². The summed E-state index contributed by atoms with van der Waals surface area (Å²) in [5.74, 6) is 0.608. The molecule has 0 radical (unpaired) electrons. The first-order valence-electron chi connectivity index (χ1n) is 12.3. The summed E-state index contributed by atoms with van der Waals surface area (Å²) < 4.78 is 16.5. The van der Waals surface area contributed by atoms with Crippen LogP contribution in [0.3, 0.4) is 0 Å². The van der Waals surface area contributed by atoms with Crippen molar-refractivity contribution in [2.24, 2.45) is 0 Å². The van der Waals surface area contributed by atoms with E-state index >= 15 is 0 Å². The van der Waals surface area contributed by atoms with E-state index in [0.29, 0.717) is 35.0 Å². The molecule has 2 aliphatic rings. The van der Waals surface area contributed by atoms with Gasteiger partial charge in [-0.2, -0.15) is 0 Å². The Morgan fingerprint density at radius 1 is 1.06 bits per heavy atom. The van der Waals surface area contributed by atoms with Gasteiger partial charge < -0.3 is 24.4 Å². The number of piperidine rings is 1. The maximum Gasteiger partial charge on any atom is 0.265 e. The molecule has 9 nitrogen and oxygen atoms in total. The molecule has 4 rings (SSSR count). The molecule has 1 fully saturated rings. The minimum absolute atomic E-state index is 0.135. The fraction of sp³-hybridized carbons (Fsp3) is 0.444. The number of nitrogens with zero attached hydrogens (tertiary/aromatic N) is 2. The molecule has 0 aromatic heterocycles. The monoisotopic (exact) mass is 495 g/mol. The standard InChI is InChI=1S/C27H33N3O6/c1-19-6-8-24(25(14-19)34-2)35-17-22(31)20-7-9-23-21(15-20)30(27(33)18-36-23)16-26(32)28-10-13-29-11-4-3-5-12-29/h6-9,14-15H,3-5,10-13,16-18H2,1-2H3,(H,28,32). The van der Waals surface area contributed by atoms with Gasteiger partial charge in [0.2, 0.25) is 5.91 Å². The average molecular weight is 496 g/mol. The molecular weight excluding hydrogens is 462 g/mol. The summed E-state index contributed by atoms with van der Waals surface area (Å²) in [7, 11) is 1.54. The number of Topliss-reactive ketones (excluding diaryl/α,β-unsaturated/α-hetero) is 1. The second-order valence-corrected chi connectivity index (χ2v) is 9.07. The van der Waals surface area contributed by atoms with Crippen LogP contribution in [-0.4, -0.2) is 75.5 Å². The molecule has 192 valence electrons. The SMILES string of the molecule is COc1cc(C)ccc1OCC(=O)c1ccc2c(c1)N(CC(=O)NCCN1CCCCC1)C(=O)CO2. The van der Waals surface area contributed by atoms with Crippen LogP contribution in [-0.2, 0) is 9.59 Å². The molecule has 2 aliphatic heterocycles. The molecule has 0 saturated carbocycles. The number of carbonyl (C=O) groups is 3. The zero-order valence-corrected chi connectivity index (χ0v) is 20.9. The first kappa shape index (κ1) is 25.5. The number of benzene rings is 2. The second kappa shape index (κ2) is 11.9. The number of anilines is 1. The highest BCUT2D eigenvalue weighted by Crippen LogP contribution is 2.33. The lowest BCUT2D eigenvalue weighted by atomic mass is 10.1. The lowest BCUT2D eigenvalue weighted by Crippen LogP contribution is -2.46. The number of methoxy groups -OCH3 is 1. The van der Waals surface area contributed by atoms with Crippen LogP contribution in [0.4, 0.5) is 5.69 Å². The smallest absolute Gasteiger partial charge is 0.265 e. The maximum atomic E-state index is 12.9. The maximum absolute atomic E-state index is 12.9. The summed E-state index contributed by atoms with van der Waals surface area (Å²) in [4.78, 5) is 41.8. The Balaban J connectivity index is 1.38. The third-order valence-electron chi connectivity index (χ3n) is 6.40. The number of amides is 2. The summed E-state index contributed by atoms with van der Waals surface area (Å²) in [6, 6.07) is 10.3. The molecule has 2 heterocycles. The van der Waals surface area contributed by atoms with E-state index in [9.17, 15) is 14.4 Å². The normalized spacial score (nSPS) is 15.6. The van der Waals surface area contributed by atoms with Crippen LogP contribution >= 0.6 is 0 Å². The average Bonchev–Trinajstić information content (AvgIpc) is 2.89. The van der Waals surface area contributed by atoms with Gasteiger partial charge in [-0.1, -0.05) is 12.5 Å². The van der Waals surface area contributed by atoms with Crippen molar-refractivity contribution >= 4 is 23.3 Å². The molecule has 0 bridgehead atoms. The van der Waals surface area contributed by atoms with Crippen LogP contribution in [0, 0.1) is 6.92 Å². The van der Waals surface area contributed by atoms with Gasteiger partial charge in [0.05, 0.1) is 12.8 Å². The van der Waals surface area contributed by atoms with E-state index in [1.54, 1.807) is 31.4 Å². The van der Waals surface area contributed by atoms with Crippen molar-refractivity contribution in [1.29, 1.82) is 0 Å². The van der Waals surface area contributed by atoms with E-state index in [4.69, 9.17) is 14.2 Å². The Labute approximate surface area is 211 Å². The number of likely N-dealkylation sites (tertiary alicyclic amines) is 1. The van der Waals surface area contributed by atoms with Crippen molar-refractivity contribution < 1.29 is 28.6 Å². The van der Waals surface area contributed by atoms with Crippen molar-refractivity contribution in [2.75, 3.05) is 57.9 Å². The molecule has 2 aromatic rings. The number of fused-ring (bicyclic) bond motifs is 1. The number of ether oxygens (including phenoxy) is 3. The third-order valence-corrected chi connectivity index (χ3v) is 6.40. The van der Waals surface area contributed by atoms with Gasteiger partial charge in [-0.15, -0.1) is 0 Å². The summed E-state index contributed by atoms with van der Waals surface area (Å²) in [6.07, 6.45) is 3.65. The molecule has 2 aromatic carbocycles. The van der Waals surface area contributed by atoms with Crippen molar-refractivity contribution in [3.8, 4) is 17.2 Å². The van der Waals surface area contributed by atoms with Crippen LogP contribution in [0.25, 0.3) is 0 Å². The predicted molar refractivity (Wildman–Crippen MR) is 135 cm³/mol. The molecule has 1 N–H and O–H groups in total. The minimum atomic E-state index is -0.334. The lowest BCUT2D eigenvalue weighted by Gasteiger charge is -2.29. The fourth-order valence-electron chi connectivity index (χ4n) is 4.41. The van der Waals surface area contributed by atoms with E-state index in [0.717, 1.165) is 25.2 Å². The van der Waals surface area contributed by atoms with Crippen molar-refractivity contribution in [1.82, 2.24) is 10.2 Å². The van der Waals surface area contributed by atoms with Gasteiger partial charge in [0, 0.05) is 18.7 Å². The summed E-state index contributed by atoms with van der Waals surface area (Å²) in [5.41, 5.74) is 1.77. The van der Waals surface area contributed by atoms with E-state index in [-0.39, 0.29) is 37.4 Å². The number of nitrogens with one attached hydrogen (secondary N) is 1. The first-order valence-corrected chi connectivity index (χ1v) is 12.3. The number of hydrogen-bond acceptors (Lipinski definition) is 7. The minimum Gasteiger partial charge on any atom is -0.493 e. The predicted octanol–water partition coefficient (Wildman–Crippen LogP) is 2.59. The molecule has 1 saturated heterocycles.